The zero-order valence-corrected chi connectivity index (χ0v) is 15.2. The molecule has 0 bridgehead atoms. The largest absolute Gasteiger partial charge is 0.269 e. The minimum absolute atomic E-state index is 0.0602. The summed E-state index contributed by atoms with van der Waals surface area (Å²) < 4.78 is 51.6. The van der Waals surface area contributed by atoms with E-state index in [1.54, 1.807) is 11.4 Å². The fourth-order valence-electron chi connectivity index (χ4n) is 1.96. The van der Waals surface area contributed by atoms with E-state index in [9.17, 15) is 16.8 Å². The summed E-state index contributed by atoms with van der Waals surface area (Å²) in [6.45, 7) is -0.136. The Labute approximate surface area is 145 Å². The van der Waals surface area contributed by atoms with Crippen LogP contribution in [-0.2, 0) is 20.0 Å². The molecule has 7 nitrogen and oxygen atoms in total. The Balaban J connectivity index is 2.12. The molecule has 128 valence electrons. The van der Waals surface area contributed by atoms with Gasteiger partial charge in [0.2, 0.25) is 20.0 Å². The van der Waals surface area contributed by atoms with Gasteiger partial charge in [0.1, 0.15) is 4.21 Å². The molecular formula is C14H15N3O4S3. The van der Waals surface area contributed by atoms with Gasteiger partial charge in [0.25, 0.3) is 0 Å². The molecule has 10 heteroatoms. The molecule has 0 spiro atoms. The number of nitrogens with one attached hydrogen (secondary N) is 1. The van der Waals surface area contributed by atoms with Crippen LogP contribution in [0.15, 0.2) is 46.0 Å². The topological polar surface area (TPSA) is 107 Å². The number of hydrogen-bond acceptors (Lipinski definition) is 6. The molecule has 0 aliphatic heterocycles. The molecule has 0 fully saturated rings. The predicted molar refractivity (Wildman–Crippen MR) is 92.9 cm³/mol. The first-order chi connectivity index (χ1) is 11.2. The second-order valence-corrected chi connectivity index (χ2v) is 9.67. The van der Waals surface area contributed by atoms with E-state index in [-0.39, 0.29) is 17.3 Å². The quantitative estimate of drug-likeness (QED) is 0.774. The Morgan fingerprint density at radius 2 is 1.83 bits per heavy atom. The van der Waals surface area contributed by atoms with Crippen LogP contribution in [-0.4, -0.2) is 36.2 Å². The third-order valence-electron chi connectivity index (χ3n) is 3.05. The molecule has 1 aromatic heterocycles. The monoisotopic (exact) mass is 385 g/mol. The Morgan fingerprint density at radius 1 is 1.17 bits per heavy atom. The van der Waals surface area contributed by atoms with Gasteiger partial charge < -0.3 is 0 Å². The van der Waals surface area contributed by atoms with Gasteiger partial charge in [0, 0.05) is 13.1 Å². The van der Waals surface area contributed by atoms with Crippen molar-refractivity contribution in [3.05, 3.63) is 47.3 Å². The second-order valence-electron chi connectivity index (χ2n) is 4.82. The second kappa shape index (κ2) is 7.31. The maximum absolute atomic E-state index is 12.0. The molecule has 0 radical (unpaired) electrons. The Hall–Kier alpha value is -1.93. The number of hydrogen-bond donors (Lipinski definition) is 1. The standard InChI is InChI=1S/C14H15N3O4S3/c1-23(18,19)17(13-6-4-12(11-15)5-7-13)9-8-16-24(20,21)14-3-2-10-22-14/h2-7,10,16H,8-9H2,1H3. The zero-order valence-electron chi connectivity index (χ0n) is 12.7. The maximum Gasteiger partial charge on any atom is 0.250 e. The van der Waals surface area contributed by atoms with Gasteiger partial charge >= 0.3 is 0 Å². The first-order valence-electron chi connectivity index (χ1n) is 6.75. The average molecular weight is 385 g/mol. The Morgan fingerprint density at radius 3 is 2.33 bits per heavy atom. The highest BCUT2D eigenvalue weighted by Crippen LogP contribution is 2.18. The normalized spacial score (nSPS) is 11.8. The van der Waals surface area contributed by atoms with E-state index in [2.05, 4.69) is 4.72 Å². The molecule has 2 aromatic rings. The molecule has 24 heavy (non-hydrogen) atoms. The van der Waals surface area contributed by atoms with Crippen molar-refractivity contribution in [2.75, 3.05) is 23.7 Å². The number of thiophene rings is 1. The van der Waals surface area contributed by atoms with Crippen molar-refractivity contribution in [3.8, 4) is 6.07 Å². The van der Waals surface area contributed by atoms with Crippen LogP contribution in [0.3, 0.4) is 0 Å². The third kappa shape index (κ3) is 4.55. The Bertz CT molecular complexity index is 928. The van der Waals surface area contributed by atoms with E-state index in [0.29, 0.717) is 11.3 Å². The number of nitriles is 1. The summed E-state index contributed by atoms with van der Waals surface area (Å²) in [5, 5.41) is 10.4. The van der Waals surface area contributed by atoms with E-state index in [4.69, 9.17) is 5.26 Å². The van der Waals surface area contributed by atoms with Crippen LogP contribution >= 0.6 is 11.3 Å². The molecule has 1 N–H and O–H groups in total. The first-order valence-corrected chi connectivity index (χ1v) is 11.0. The van der Waals surface area contributed by atoms with Crippen LogP contribution in [0.2, 0.25) is 0 Å². The van der Waals surface area contributed by atoms with Gasteiger partial charge in [0.05, 0.1) is 23.6 Å². The van der Waals surface area contributed by atoms with Gasteiger partial charge in [-0.2, -0.15) is 5.26 Å². The smallest absolute Gasteiger partial charge is 0.250 e. The van der Waals surface area contributed by atoms with Crippen LogP contribution < -0.4 is 9.03 Å². The van der Waals surface area contributed by atoms with E-state index in [1.807, 2.05) is 6.07 Å². The minimum Gasteiger partial charge on any atom is -0.269 e. The van der Waals surface area contributed by atoms with Crippen LogP contribution in [0.1, 0.15) is 5.56 Å². The lowest BCUT2D eigenvalue weighted by Crippen LogP contribution is -2.38. The van der Waals surface area contributed by atoms with Gasteiger partial charge in [-0.05, 0) is 35.7 Å². The van der Waals surface area contributed by atoms with Crippen molar-refractivity contribution in [1.82, 2.24) is 4.72 Å². The maximum atomic E-state index is 12.0. The van der Waals surface area contributed by atoms with Crippen molar-refractivity contribution >= 4 is 37.1 Å². The highest BCUT2D eigenvalue weighted by Gasteiger charge is 2.19. The van der Waals surface area contributed by atoms with Crippen molar-refractivity contribution in [2.24, 2.45) is 0 Å². The van der Waals surface area contributed by atoms with Gasteiger partial charge in [-0.15, -0.1) is 11.3 Å². The van der Waals surface area contributed by atoms with Crippen LogP contribution in [0.25, 0.3) is 0 Å². The summed E-state index contributed by atoms with van der Waals surface area (Å²) >= 11 is 1.08. The SMILES string of the molecule is CS(=O)(=O)N(CCNS(=O)(=O)c1cccs1)c1ccc(C#N)cc1. The number of anilines is 1. The molecule has 1 heterocycles. The summed E-state index contributed by atoms with van der Waals surface area (Å²) in [7, 11) is -7.24. The number of benzene rings is 1. The van der Waals surface area contributed by atoms with E-state index in [0.717, 1.165) is 21.9 Å². The Kier molecular flexibility index (Phi) is 5.61. The molecule has 1 aromatic carbocycles. The zero-order chi connectivity index (χ0) is 17.8. The van der Waals surface area contributed by atoms with Crippen LogP contribution in [0.4, 0.5) is 5.69 Å². The van der Waals surface area contributed by atoms with E-state index < -0.39 is 20.0 Å². The number of sulfonamides is 2. The van der Waals surface area contributed by atoms with Gasteiger partial charge in [-0.25, -0.2) is 21.6 Å². The summed E-state index contributed by atoms with van der Waals surface area (Å²) in [4.78, 5) is 0. The molecule has 2 rings (SSSR count). The van der Waals surface area contributed by atoms with Crippen molar-refractivity contribution in [3.63, 3.8) is 0 Å². The summed E-state index contributed by atoms with van der Waals surface area (Å²) in [5.74, 6) is 0. The fraction of sp³-hybridized carbons (Fsp3) is 0.214. The van der Waals surface area contributed by atoms with Crippen molar-refractivity contribution in [1.29, 1.82) is 5.26 Å². The minimum atomic E-state index is -3.65. The molecule has 0 aliphatic carbocycles. The molecular weight excluding hydrogens is 370 g/mol. The molecule has 0 saturated heterocycles. The lowest BCUT2D eigenvalue weighted by Gasteiger charge is -2.22. The van der Waals surface area contributed by atoms with E-state index in [1.165, 1.54) is 30.3 Å². The molecule has 0 atom stereocenters. The highest BCUT2D eigenvalue weighted by molar-refractivity contribution is 7.92. The van der Waals surface area contributed by atoms with E-state index >= 15 is 0 Å². The van der Waals surface area contributed by atoms with Crippen LogP contribution in [0, 0.1) is 11.3 Å². The highest BCUT2D eigenvalue weighted by atomic mass is 32.2. The summed E-state index contributed by atoms with van der Waals surface area (Å²) in [6, 6.07) is 11.1. The number of rotatable bonds is 7. The summed E-state index contributed by atoms with van der Waals surface area (Å²) in [5.41, 5.74) is 0.775. The van der Waals surface area contributed by atoms with Crippen LogP contribution in [0.5, 0.6) is 0 Å². The molecule has 0 amide bonds. The first kappa shape index (κ1) is 18.4. The lowest BCUT2D eigenvalue weighted by atomic mass is 10.2. The molecule has 0 aliphatic rings. The summed E-state index contributed by atoms with van der Waals surface area (Å²) in [6.07, 6.45) is 1.04. The van der Waals surface area contributed by atoms with Gasteiger partial charge in [0.15, 0.2) is 0 Å². The lowest BCUT2D eigenvalue weighted by molar-refractivity contribution is 0.580. The van der Waals surface area contributed by atoms with Gasteiger partial charge in [-0.1, -0.05) is 6.07 Å². The third-order valence-corrected chi connectivity index (χ3v) is 7.10. The van der Waals surface area contributed by atoms with Gasteiger partial charge in [-0.3, -0.25) is 4.31 Å². The molecule has 0 saturated carbocycles. The van der Waals surface area contributed by atoms with Crippen molar-refractivity contribution in [2.45, 2.75) is 4.21 Å². The number of nitrogens with zero attached hydrogens (tertiary/aromatic N) is 2. The van der Waals surface area contributed by atoms with Crippen molar-refractivity contribution < 1.29 is 16.8 Å². The fourth-order valence-corrected chi connectivity index (χ4v) is 4.94. The average Bonchev–Trinajstić information content (AvgIpc) is 3.06. The predicted octanol–water partition coefficient (Wildman–Crippen LogP) is 1.36. The molecule has 0 unspecified atom stereocenters.